The van der Waals surface area contributed by atoms with Crippen LogP contribution in [0.4, 0.5) is 10.5 Å². The zero-order chi connectivity index (χ0) is 51.4. The van der Waals surface area contributed by atoms with Crippen molar-refractivity contribution >= 4 is 63.2 Å². The number of aromatic hydroxyl groups is 1. The summed E-state index contributed by atoms with van der Waals surface area (Å²) in [5, 5.41) is 38.4. The lowest BCUT2D eigenvalue weighted by Gasteiger charge is -2.25. The second-order valence-corrected chi connectivity index (χ2v) is 17.4. The SMILES string of the molecule is CNC(=O)[C@H](Cc1ncc[nH]1)NC(=O)[C@H](Cc1ccccc1)NC(=O)[C@H](Cc1c[nH]c2ccccc12)NC(=O)CCCCCNC(=O)Nc1ccc(-c2c3ccc(=O)cc-3oc3cc(O)ccc23)c(C(=O)O)c1. The first-order valence-corrected chi connectivity index (χ1v) is 23.6. The fraction of sp³-hybridized carbons (Fsp3) is 0.222. The molecule has 4 aromatic carbocycles. The number of fused-ring (bicyclic) bond motifs is 3. The number of imidazole rings is 1. The summed E-state index contributed by atoms with van der Waals surface area (Å²) in [4.78, 5) is 103. The number of carboxylic acid groups (broad SMARTS) is 1. The topological polar surface area (TPSA) is 290 Å². The summed E-state index contributed by atoms with van der Waals surface area (Å²) in [7, 11) is 1.46. The van der Waals surface area contributed by atoms with E-state index in [9.17, 15) is 43.8 Å². The van der Waals surface area contributed by atoms with E-state index in [-0.39, 0.29) is 66.0 Å². The lowest BCUT2D eigenvalue weighted by Crippen LogP contribution is -2.58. The van der Waals surface area contributed by atoms with Crippen LogP contribution in [0, 0.1) is 0 Å². The minimum atomic E-state index is -1.26. The minimum Gasteiger partial charge on any atom is -0.508 e. The van der Waals surface area contributed by atoms with Crippen LogP contribution in [0.2, 0.25) is 0 Å². The number of rotatable bonds is 21. The number of aromatic carboxylic acids is 1. The molecule has 2 aliphatic rings. The number of carbonyl (C=O) groups is 6. The van der Waals surface area contributed by atoms with Crippen molar-refractivity contribution in [1.82, 2.24) is 41.5 Å². The number of likely N-dealkylation sites (N-methyl/N-ethyl adjacent to an activating group) is 1. The summed E-state index contributed by atoms with van der Waals surface area (Å²) in [6.07, 6.45) is 6.69. The van der Waals surface area contributed by atoms with Gasteiger partial charge in [0.15, 0.2) is 5.43 Å². The summed E-state index contributed by atoms with van der Waals surface area (Å²) in [6.45, 7) is 0.232. The molecule has 0 bridgehead atoms. The highest BCUT2D eigenvalue weighted by Crippen LogP contribution is 2.42. The molecule has 8 rings (SSSR count). The lowest BCUT2D eigenvalue weighted by atomic mass is 9.90. The molecule has 73 heavy (non-hydrogen) atoms. The van der Waals surface area contributed by atoms with Crippen molar-refractivity contribution in [2.24, 2.45) is 0 Å². The van der Waals surface area contributed by atoms with Gasteiger partial charge < -0.3 is 56.5 Å². The minimum absolute atomic E-state index is 0.0575. The van der Waals surface area contributed by atoms with Crippen LogP contribution in [0.5, 0.6) is 5.75 Å². The smallest absolute Gasteiger partial charge is 0.336 e. The maximum atomic E-state index is 14.3. The third kappa shape index (κ3) is 12.6. The summed E-state index contributed by atoms with van der Waals surface area (Å²) in [6, 6.07) is 25.9. The number of benzene rings is 5. The molecule has 0 spiro atoms. The van der Waals surface area contributed by atoms with Crippen LogP contribution >= 0.6 is 0 Å². The number of aromatic nitrogens is 3. The van der Waals surface area contributed by atoms with Gasteiger partial charge in [0.25, 0.3) is 0 Å². The zero-order valence-electron chi connectivity index (χ0n) is 39.6. The van der Waals surface area contributed by atoms with E-state index in [0.29, 0.717) is 47.2 Å². The fourth-order valence-electron chi connectivity index (χ4n) is 8.72. The van der Waals surface area contributed by atoms with Gasteiger partial charge in [-0.1, -0.05) is 61.0 Å². The van der Waals surface area contributed by atoms with Gasteiger partial charge in [-0.05, 0) is 72.0 Å². The number of hydrogen-bond acceptors (Lipinski definition) is 10. The average molecular weight is 988 g/mol. The Morgan fingerprint density at radius 2 is 1.45 bits per heavy atom. The number of phenols is 1. The molecule has 1 aliphatic heterocycles. The van der Waals surface area contributed by atoms with Gasteiger partial charge in [0.05, 0.1) is 5.56 Å². The molecule has 374 valence electrons. The maximum absolute atomic E-state index is 14.3. The van der Waals surface area contributed by atoms with Crippen LogP contribution in [0.15, 0.2) is 137 Å². The molecule has 19 nitrogen and oxygen atoms in total. The summed E-state index contributed by atoms with van der Waals surface area (Å²) in [5.41, 5.74) is 3.63. The Morgan fingerprint density at radius 3 is 2.21 bits per heavy atom. The lowest BCUT2D eigenvalue weighted by molar-refractivity contribution is -0.133. The Kier molecular flexibility index (Phi) is 15.9. The number of anilines is 1. The standard InChI is InChI=1S/C54H53N9O10/c1-55-50(67)44(29-47-56-22-23-57-47)63-51(68)42(24-31-10-4-2-5-11-31)62-52(69)43(25-32-30-59-41-13-8-7-12-36(32)41)61-48(66)14-6-3-9-21-58-54(72)60-33-15-18-37(40(26-33)53(70)71)49-38-19-16-34(64)27-45(38)73-46-28-35(65)17-20-39(46)49/h2,4-5,7-8,10-13,15-20,22-23,26-28,30,42-44,59,64H,3,6,9,14,21,24-25,29H2,1H3,(H,55,67)(H,56,57)(H,61,66)(H,62,69)(H,63,68)(H,70,71)(H2,58,60,72)/t42-,43-,44-/m0/s1. The number of carboxylic acids is 1. The Bertz CT molecular complexity index is 3320. The first-order valence-electron chi connectivity index (χ1n) is 23.6. The Labute approximate surface area is 417 Å². The highest BCUT2D eigenvalue weighted by atomic mass is 16.4. The van der Waals surface area contributed by atoms with Crippen LogP contribution in [0.25, 0.3) is 44.3 Å². The zero-order valence-corrected chi connectivity index (χ0v) is 39.6. The van der Waals surface area contributed by atoms with Crippen LogP contribution in [-0.4, -0.2) is 92.5 Å². The number of nitrogens with one attached hydrogen (secondary N) is 8. The second-order valence-electron chi connectivity index (χ2n) is 17.4. The quantitative estimate of drug-likeness (QED) is 0.0304. The van der Waals surface area contributed by atoms with Crippen molar-refractivity contribution in [3.63, 3.8) is 0 Å². The van der Waals surface area contributed by atoms with E-state index >= 15 is 0 Å². The first kappa shape index (κ1) is 50.1. The van der Waals surface area contributed by atoms with Crippen LogP contribution in [0.3, 0.4) is 0 Å². The molecule has 0 saturated heterocycles. The molecule has 0 unspecified atom stereocenters. The van der Waals surface area contributed by atoms with Crippen molar-refractivity contribution in [1.29, 1.82) is 0 Å². The number of H-pyrrole nitrogens is 2. The number of phenolic OH excluding ortho intramolecular Hbond substituents is 1. The largest absolute Gasteiger partial charge is 0.508 e. The Balaban J connectivity index is 0.884. The normalized spacial score (nSPS) is 12.4. The summed E-state index contributed by atoms with van der Waals surface area (Å²) in [5.74, 6) is -2.71. The molecule has 19 heteroatoms. The van der Waals surface area contributed by atoms with Gasteiger partial charge in [-0.25, -0.2) is 14.6 Å². The van der Waals surface area contributed by atoms with E-state index < -0.39 is 53.8 Å². The van der Waals surface area contributed by atoms with Crippen molar-refractivity contribution in [2.45, 2.75) is 63.1 Å². The number of unbranched alkanes of at least 4 members (excludes halogenated alkanes) is 2. The molecule has 0 fully saturated rings. The third-order valence-corrected chi connectivity index (χ3v) is 12.3. The molecule has 3 atom stereocenters. The van der Waals surface area contributed by atoms with Gasteiger partial charge in [-0.3, -0.25) is 24.0 Å². The molecule has 1 aliphatic carbocycles. The van der Waals surface area contributed by atoms with Gasteiger partial charge in [-0.2, -0.15) is 0 Å². The number of hydrogen-bond donors (Lipinski definition) is 10. The molecule has 10 N–H and O–H groups in total. The molecule has 6 aromatic rings. The highest BCUT2D eigenvalue weighted by molar-refractivity contribution is 6.08. The molecule has 3 heterocycles. The van der Waals surface area contributed by atoms with Crippen LogP contribution in [0.1, 0.15) is 53.0 Å². The van der Waals surface area contributed by atoms with Gasteiger partial charge in [0.1, 0.15) is 41.0 Å². The molecule has 2 aromatic heterocycles. The third-order valence-electron chi connectivity index (χ3n) is 12.3. The van der Waals surface area contributed by atoms with E-state index in [1.807, 2.05) is 54.6 Å². The molecular weight excluding hydrogens is 935 g/mol. The van der Waals surface area contributed by atoms with E-state index in [4.69, 9.17) is 4.42 Å². The number of aromatic amines is 2. The number of urea groups is 1. The predicted octanol–water partition coefficient (Wildman–Crippen LogP) is 5.78. The number of nitrogens with zero attached hydrogens (tertiary/aromatic N) is 1. The van der Waals surface area contributed by atoms with Gasteiger partial charge >= 0.3 is 12.0 Å². The fourth-order valence-corrected chi connectivity index (χ4v) is 8.72. The van der Waals surface area contributed by atoms with Gasteiger partial charge in [-0.15, -0.1) is 0 Å². The van der Waals surface area contributed by atoms with E-state index in [0.717, 1.165) is 22.0 Å². The van der Waals surface area contributed by atoms with Crippen molar-refractivity contribution in [3.05, 3.63) is 161 Å². The van der Waals surface area contributed by atoms with Crippen LogP contribution in [-0.2, 0) is 38.4 Å². The number of amides is 6. The highest BCUT2D eigenvalue weighted by Gasteiger charge is 2.31. The number of para-hydroxylation sites is 1. The van der Waals surface area contributed by atoms with E-state index in [1.54, 1.807) is 36.7 Å². The maximum Gasteiger partial charge on any atom is 0.336 e. The Hall–Kier alpha value is -9.26. The molecule has 6 amide bonds. The van der Waals surface area contributed by atoms with Crippen LogP contribution < -0.4 is 37.3 Å². The first-order chi connectivity index (χ1) is 35.3. The predicted molar refractivity (Wildman–Crippen MR) is 273 cm³/mol. The van der Waals surface area contributed by atoms with Gasteiger partial charge in [0.2, 0.25) is 23.6 Å². The summed E-state index contributed by atoms with van der Waals surface area (Å²) >= 11 is 0. The average Bonchev–Trinajstić information content (AvgIpc) is 4.06. The number of carbonyl (C=O) groups excluding carboxylic acids is 5. The van der Waals surface area contributed by atoms with Crippen molar-refractivity contribution in [3.8, 4) is 28.2 Å². The van der Waals surface area contributed by atoms with E-state index in [2.05, 4.69) is 46.9 Å². The van der Waals surface area contributed by atoms with Crippen molar-refractivity contribution in [2.75, 3.05) is 18.9 Å². The molecule has 0 saturated carbocycles. The summed E-state index contributed by atoms with van der Waals surface area (Å²) < 4.78 is 5.90. The second kappa shape index (κ2) is 23.1. The monoisotopic (exact) mass is 987 g/mol. The van der Waals surface area contributed by atoms with E-state index in [1.165, 1.54) is 43.6 Å². The molecule has 0 radical (unpaired) electrons. The Morgan fingerprint density at radius 1 is 0.712 bits per heavy atom. The molecular formula is C54H53N9O10. The van der Waals surface area contributed by atoms with Crippen molar-refractivity contribution < 1.29 is 43.4 Å². The van der Waals surface area contributed by atoms with Gasteiger partial charge in [0, 0.05) is 103 Å².